The second kappa shape index (κ2) is 6.61. The van der Waals surface area contributed by atoms with E-state index >= 15 is 0 Å². The molecule has 4 nitrogen and oxygen atoms in total. The van der Waals surface area contributed by atoms with Crippen molar-refractivity contribution in [2.45, 2.75) is 13.5 Å². The van der Waals surface area contributed by atoms with Gasteiger partial charge in [-0.1, -0.05) is 6.07 Å². The number of furan rings is 1. The van der Waals surface area contributed by atoms with Gasteiger partial charge in [0, 0.05) is 10.9 Å². The van der Waals surface area contributed by atoms with E-state index < -0.39 is 0 Å². The fourth-order valence-electron chi connectivity index (χ4n) is 3.40. The van der Waals surface area contributed by atoms with Crippen LogP contribution in [0.2, 0.25) is 0 Å². The van der Waals surface area contributed by atoms with Crippen molar-refractivity contribution in [3.8, 4) is 0 Å². The Morgan fingerprint density at radius 3 is 2.84 bits per heavy atom. The lowest BCUT2D eigenvalue weighted by molar-refractivity contribution is -0.917. The highest BCUT2D eigenvalue weighted by atomic mass is 32.1. The minimum atomic E-state index is -0.318. The van der Waals surface area contributed by atoms with E-state index in [4.69, 9.17) is 4.42 Å². The molecular weight excluding hydrogens is 339 g/mol. The standard InChI is InChI=1S/C19H19FN2O2S/c1-13-16-11-14(20)4-5-17(16)24-18(13)19(23)22-8-6-21(7-9-22)12-15-3-2-10-25-15/h2-5,10-11H,6-9,12H2,1H3/p+1. The Balaban J connectivity index is 1.46. The van der Waals surface area contributed by atoms with Crippen LogP contribution >= 0.6 is 11.3 Å². The maximum Gasteiger partial charge on any atom is 0.290 e. The Morgan fingerprint density at radius 2 is 2.12 bits per heavy atom. The number of benzene rings is 1. The lowest BCUT2D eigenvalue weighted by atomic mass is 10.1. The molecule has 2 aromatic heterocycles. The average Bonchev–Trinajstić information content (AvgIpc) is 3.23. The Hall–Kier alpha value is -2.18. The number of quaternary nitrogens is 1. The zero-order chi connectivity index (χ0) is 17.4. The monoisotopic (exact) mass is 359 g/mol. The number of halogens is 1. The van der Waals surface area contributed by atoms with Gasteiger partial charge in [-0.05, 0) is 36.6 Å². The average molecular weight is 359 g/mol. The Morgan fingerprint density at radius 1 is 1.32 bits per heavy atom. The van der Waals surface area contributed by atoms with Crippen molar-refractivity contribution in [2.75, 3.05) is 26.2 Å². The number of piperazine rings is 1. The fourth-order valence-corrected chi connectivity index (χ4v) is 4.18. The van der Waals surface area contributed by atoms with Gasteiger partial charge in [-0.15, -0.1) is 11.3 Å². The van der Waals surface area contributed by atoms with E-state index in [0.29, 0.717) is 35.4 Å². The molecule has 0 radical (unpaired) electrons. The van der Waals surface area contributed by atoms with Crippen LogP contribution in [0, 0.1) is 12.7 Å². The van der Waals surface area contributed by atoms with Crippen molar-refractivity contribution in [2.24, 2.45) is 0 Å². The summed E-state index contributed by atoms with van der Waals surface area (Å²) in [5.74, 6) is -0.0761. The molecule has 1 aliphatic rings. The number of hydrogen-bond acceptors (Lipinski definition) is 3. The minimum absolute atomic E-state index is 0.0933. The van der Waals surface area contributed by atoms with Crippen molar-refractivity contribution in [3.63, 3.8) is 0 Å². The summed E-state index contributed by atoms with van der Waals surface area (Å²) in [4.78, 5) is 17.6. The molecule has 0 atom stereocenters. The summed E-state index contributed by atoms with van der Waals surface area (Å²) in [6, 6.07) is 8.59. The first kappa shape index (κ1) is 16.3. The third kappa shape index (κ3) is 3.19. The number of carbonyl (C=O) groups excluding carboxylic acids is 1. The van der Waals surface area contributed by atoms with Crippen molar-refractivity contribution < 1.29 is 18.5 Å². The largest absolute Gasteiger partial charge is 0.451 e. The molecule has 0 spiro atoms. The van der Waals surface area contributed by atoms with E-state index in [2.05, 4.69) is 17.5 Å². The van der Waals surface area contributed by atoms with Crippen LogP contribution in [0.3, 0.4) is 0 Å². The molecule has 1 fully saturated rings. The summed E-state index contributed by atoms with van der Waals surface area (Å²) < 4.78 is 19.2. The van der Waals surface area contributed by atoms with Gasteiger partial charge in [-0.2, -0.15) is 0 Å². The van der Waals surface area contributed by atoms with Crippen LogP contribution in [0.1, 0.15) is 21.0 Å². The van der Waals surface area contributed by atoms with Gasteiger partial charge in [-0.25, -0.2) is 4.39 Å². The van der Waals surface area contributed by atoms with Crippen LogP contribution < -0.4 is 4.90 Å². The van der Waals surface area contributed by atoms with Crippen LogP contribution in [0.15, 0.2) is 40.1 Å². The molecule has 1 aliphatic heterocycles. The molecule has 6 heteroatoms. The van der Waals surface area contributed by atoms with Crippen LogP contribution in [0.4, 0.5) is 4.39 Å². The minimum Gasteiger partial charge on any atom is -0.451 e. The number of fused-ring (bicyclic) bond motifs is 1. The molecule has 130 valence electrons. The summed E-state index contributed by atoms with van der Waals surface area (Å²) in [7, 11) is 0. The van der Waals surface area contributed by atoms with Gasteiger partial charge in [0.15, 0.2) is 5.76 Å². The zero-order valence-corrected chi connectivity index (χ0v) is 14.9. The molecule has 0 unspecified atom stereocenters. The molecule has 25 heavy (non-hydrogen) atoms. The van der Waals surface area contributed by atoms with E-state index in [0.717, 1.165) is 19.6 Å². The van der Waals surface area contributed by atoms with Gasteiger partial charge in [0.25, 0.3) is 5.91 Å². The Kier molecular flexibility index (Phi) is 4.31. The molecule has 0 saturated carbocycles. The first-order valence-corrected chi connectivity index (χ1v) is 9.33. The second-order valence-electron chi connectivity index (χ2n) is 6.50. The maximum atomic E-state index is 13.4. The Bertz CT molecular complexity index is 896. The van der Waals surface area contributed by atoms with Gasteiger partial charge in [0.05, 0.1) is 31.1 Å². The number of rotatable bonds is 3. The van der Waals surface area contributed by atoms with Crippen LogP contribution in [0.5, 0.6) is 0 Å². The van der Waals surface area contributed by atoms with E-state index in [1.807, 2.05) is 11.8 Å². The summed E-state index contributed by atoms with van der Waals surface area (Å²) in [6.07, 6.45) is 0. The summed E-state index contributed by atoms with van der Waals surface area (Å²) in [5, 5.41) is 2.77. The van der Waals surface area contributed by atoms with Gasteiger partial charge in [-0.3, -0.25) is 4.79 Å². The highest BCUT2D eigenvalue weighted by molar-refractivity contribution is 7.09. The number of nitrogens with zero attached hydrogens (tertiary/aromatic N) is 1. The predicted molar refractivity (Wildman–Crippen MR) is 95.5 cm³/mol. The van der Waals surface area contributed by atoms with Gasteiger partial charge in [0.2, 0.25) is 0 Å². The lowest BCUT2D eigenvalue weighted by Gasteiger charge is -2.31. The molecule has 4 rings (SSSR count). The van der Waals surface area contributed by atoms with Crippen LogP contribution in [-0.4, -0.2) is 37.0 Å². The Labute approximate surface area is 149 Å². The number of amides is 1. The number of thiophene rings is 1. The first-order valence-electron chi connectivity index (χ1n) is 8.45. The number of hydrogen-bond donors (Lipinski definition) is 1. The summed E-state index contributed by atoms with van der Waals surface area (Å²) in [5.41, 5.74) is 1.28. The number of nitrogens with one attached hydrogen (secondary N) is 1. The van der Waals surface area contributed by atoms with Gasteiger partial charge < -0.3 is 14.2 Å². The molecule has 1 N–H and O–H groups in total. The molecule has 0 bridgehead atoms. The van der Waals surface area contributed by atoms with Crippen LogP contribution in [0.25, 0.3) is 11.0 Å². The smallest absolute Gasteiger partial charge is 0.290 e. The summed E-state index contributed by atoms with van der Waals surface area (Å²) >= 11 is 1.78. The van der Waals surface area contributed by atoms with E-state index in [9.17, 15) is 9.18 Å². The molecule has 3 heterocycles. The third-order valence-electron chi connectivity index (χ3n) is 4.85. The molecule has 1 aromatic carbocycles. The van der Waals surface area contributed by atoms with Crippen LogP contribution in [-0.2, 0) is 6.54 Å². The topological polar surface area (TPSA) is 37.9 Å². The number of aryl methyl sites for hydroxylation is 1. The normalized spacial score (nSPS) is 15.8. The third-order valence-corrected chi connectivity index (χ3v) is 5.73. The second-order valence-corrected chi connectivity index (χ2v) is 7.53. The van der Waals surface area contributed by atoms with Crippen molar-refractivity contribution in [1.82, 2.24) is 4.90 Å². The lowest BCUT2D eigenvalue weighted by Crippen LogP contribution is -3.13. The summed E-state index contributed by atoms with van der Waals surface area (Å²) in [6.45, 7) is 6.11. The highest BCUT2D eigenvalue weighted by Gasteiger charge is 2.28. The first-order chi connectivity index (χ1) is 12.1. The fraction of sp³-hybridized carbons (Fsp3) is 0.316. The molecule has 1 amide bonds. The predicted octanol–water partition coefficient (Wildman–Crippen LogP) is 2.48. The number of carbonyl (C=O) groups is 1. The van der Waals surface area contributed by atoms with Crippen molar-refractivity contribution in [3.05, 3.63) is 57.7 Å². The van der Waals surface area contributed by atoms with Crippen molar-refractivity contribution in [1.29, 1.82) is 0 Å². The van der Waals surface area contributed by atoms with Crippen molar-refractivity contribution >= 4 is 28.2 Å². The quantitative estimate of drug-likeness (QED) is 0.780. The van der Waals surface area contributed by atoms with Gasteiger partial charge in [0.1, 0.15) is 17.9 Å². The molecule has 3 aromatic rings. The molecular formula is C19H20FN2O2S+. The SMILES string of the molecule is Cc1c(C(=O)N2CC[NH+](Cc3cccs3)CC2)oc2ccc(F)cc12. The molecule has 0 aliphatic carbocycles. The molecule has 1 saturated heterocycles. The highest BCUT2D eigenvalue weighted by Crippen LogP contribution is 2.27. The zero-order valence-electron chi connectivity index (χ0n) is 14.0. The van der Waals surface area contributed by atoms with E-state index in [1.165, 1.54) is 21.9 Å². The van der Waals surface area contributed by atoms with E-state index in [-0.39, 0.29) is 11.7 Å². The van der Waals surface area contributed by atoms with E-state index in [1.54, 1.807) is 17.4 Å². The maximum absolute atomic E-state index is 13.4. The van der Waals surface area contributed by atoms with Gasteiger partial charge >= 0.3 is 0 Å².